The van der Waals surface area contributed by atoms with Crippen LogP contribution in [-0.4, -0.2) is 33.4 Å². The molecule has 0 aromatic heterocycles. The third-order valence-corrected chi connectivity index (χ3v) is 3.64. The van der Waals surface area contributed by atoms with Crippen molar-refractivity contribution in [3.63, 3.8) is 0 Å². The highest BCUT2D eigenvalue weighted by atomic mass is 16.5. The lowest BCUT2D eigenvalue weighted by Gasteiger charge is -2.19. The lowest BCUT2D eigenvalue weighted by atomic mass is 10.1. The third kappa shape index (κ3) is 5.39. The highest BCUT2D eigenvalue weighted by molar-refractivity contribution is 5.89. The molecule has 0 aliphatic carbocycles. The minimum atomic E-state index is -0.305. The Kier molecular flexibility index (Phi) is 7.10. The lowest BCUT2D eigenvalue weighted by Crippen LogP contribution is -2.33. The molecule has 0 saturated heterocycles. The van der Waals surface area contributed by atoms with Crippen LogP contribution in [-0.2, 0) is 4.74 Å². The van der Waals surface area contributed by atoms with Crippen molar-refractivity contribution in [3.05, 3.63) is 54.1 Å². The zero-order chi connectivity index (χ0) is 18.1. The SMILES string of the molecule is CCOc1ccc(NC(=O)NCC(OC)c2ccccc2OC)cc1. The summed E-state index contributed by atoms with van der Waals surface area (Å²) >= 11 is 0. The first-order valence-electron chi connectivity index (χ1n) is 8.11. The number of nitrogens with one attached hydrogen (secondary N) is 2. The van der Waals surface area contributed by atoms with Crippen LogP contribution in [0.3, 0.4) is 0 Å². The van der Waals surface area contributed by atoms with Crippen LogP contribution in [0.25, 0.3) is 0 Å². The van der Waals surface area contributed by atoms with Gasteiger partial charge in [0.2, 0.25) is 0 Å². The molecule has 2 N–H and O–H groups in total. The van der Waals surface area contributed by atoms with Gasteiger partial charge in [-0.25, -0.2) is 4.79 Å². The zero-order valence-corrected chi connectivity index (χ0v) is 14.7. The number of methoxy groups -OCH3 is 2. The molecule has 6 heteroatoms. The van der Waals surface area contributed by atoms with Gasteiger partial charge in [-0.1, -0.05) is 18.2 Å². The molecular weight excluding hydrogens is 320 g/mol. The maximum Gasteiger partial charge on any atom is 0.319 e. The predicted molar refractivity (Wildman–Crippen MR) is 97.4 cm³/mol. The van der Waals surface area contributed by atoms with E-state index in [0.717, 1.165) is 17.1 Å². The van der Waals surface area contributed by atoms with Gasteiger partial charge in [-0.15, -0.1) is 0 Å². The molecule has 134 valence electrons. The first kappa shape index (κ1) is 18.6. The number of carbonyl (C=O) groups is 1. The Morgan fingerprint density at radius 2 is 1.80 bits per heavy atom. The van der Waals surface area contributed by atoms with Gasteiger partial charge in [0.15, 0.2) is 0 Å². The largest absolute Gasteiger partial charge is 0.496 e. The third-order valence-electron chi connectivity index (χ3n) is 3.64. The molecule has 0 bridgehead atoms. The minimum Gasteiger partial charge on any atom is -0.496 e. The number of amides is 2. The number of hydrogen-bond donors (Lipinski definition) is 2. The molecule has 25 heavy (non-hydrogen) atoms. The Balaban J connectivity index is 1.91. The first-order chi connectivity index (χ1) is 12.2. The highest BCUT2D eigenvalue weighted by Gasteiger charge is 2.16. The van der Waals surface area contributed by atoms with E-state index in [9.17, 15) is 4.79 Å². The molecule has 2 aromatic carbocycles. The van der Waals surface area contributed by atoms with Crippen molar-refractivity contribution in [2.45, 2.75) is 13.0 Å². The van der Waals surface area contributed by atoms with Crippen molar-refractivity contribution in [2.75, 3.05) is 32.7 Å². The summed E-state index contributed by atoms with van der Waals surface area (Å²) in [4.78, 5) is 12.1. The van der Waals surface area contributed by atoms with Gasteiger partial charge in [0.1, 0.15) is 17.6 Å². The van der Waals surface area contributed by atoms with Crippen LogP contribution in [0.4, 0.5) is 10.5 Å². The quantitative estimate of drug-likeness (QED) is 0.768. The normalized spacial score (nSPS) is 11.5. The van der Waals surface area contributed by atoms with Gasteiger partial charge in [0.05, 0.1) is 13.7 Å². The molecule has 0 radical (unpaired) electrons. The van der Waals surface area contributed by atoms with E-state index >= 15 is 0 Å². The van der Waals surface area contributed by atoms with Crippen molar-refractivity contribution in [1.29, 1.82) is 0 Å². The van der Waals surface area contributed by atoms with E-state index in [1.807, 2.05) is 43.3 Å². The molecule has 1 unspecified atom stereocenters. The van der Waals surface area contributed by atoms with Gasteiger partial charge in [0, 0.05) is 24.9 Å². The van der Waals surface area contributed by atoms with Gasteiger partial charge >= 0.3 is 6.03 Å². The Hall–Kier alpha value is -2.73. The summed E-state index contributed by atoms with van der Waals surface area (Å²) in [5.41, 5.74) is 1.57. The minimum absolute atomic E-state index is 0.303. The molecule has 0 heterocycles. The van der Waals surface area contributed by atoms with Gasteiger partial charge in [-0.05, 0) is 37.3 Å². The van der Waals surface area contributed by atoms with Crippen molar-refractivity contribution >= 4 is 11.7 Å². The maximum atomic E-state index is 12.1. The van der Waals surface area contributed by atoms with Crippen LogP contribution in [0.2, 0.25) is 0 Å². The average Bonchev–Trinajstić information content (AvgIpc) is 2.64. The molecular formula is C19H24N2O4. The Morgan fingerprint density at radius 3 is 2.44 bits per heavy atom. The van der Waals surface area contributed by atoms with Crippen LogP contribution in [0.15, 0.2) is 48.5 Å². The number of para-hydroxylation sites is 1. The molecule has 2 amide bonds. The molecule has 0 spiro atoms. The van der Waals surface area contributed by atoms with Gasteiger partial charge in [-0.2, -0.15) is 0 Å². The second-order valence-corrected chi connectivity index (χ2v) is 5.26. The Labute approximate surface area is 148 Å². The summed E-state index contributed by atoms with van der Waals surface area (Å²) in [5.74, 6) is 1.49. The van der Waals surface area contributed by atoms with Crippen molar-refractivity contribution in [1.82, 2.24) is 5.32 Å². The lowest BCUT2D eigenvalue weighted by molar-refractivity contribution is 0.102. The monoisotopic (exact) mass is 344 g/mol. The van der Waals surface area contributed by atoms with Crippen LogP contribution in [0, 0.1) is 0 Å². The maximum absolute atomic E-state index is 12.1. The summed E-state index contributed by atoms with van der Waals surface area (Å²) in [7, 11) is 3.21. The zero-order valence-electron chi connectivity index (χ0n) is 14.7. The second-order valence-electron chi connectivity index (χ2n) is 5.26. The fourth-order valence-corrected chi connectivity index (χ4v) is 2.41. The highest BCUT2D eigenvalue weighted by Crippen LogP contribution is 2.26. The Morgan fingerprint density at radius 1 is 1.08 bits per heavy atom. The van der Waals surface area contributed by atoms with E-state index in [0.29, 0.717) is 18.8 Å². The van der Waals surface area contributed by atoms with Crippen LogP contribution >= 0.6 is 0 Å². The molecule has 2 rings (SSSR count). The van der Waals surface area contributed by atoms with E-state index < -0.39 is 0 Å². The smallest absolute Gasteiger partial charge is 0.319 e. The summed E-state index contributed by atoms with van der Waals surface area (Å²) in [6, 6.07) is 14.5. The van der Waals surface area contributed by atoms with Crippen molar-refractivity contribution in [3.8, 4) is 11.5 Å². The van der Waals surface area contributed by atoms with E-state index in [-0.39, 0.29) is 12.1 Å². The van der Waals surface area contributed by atoms with E-state index in [1.54, 1.807) is 26.4 Å². The van der Waals surface area contributed by atoms with Crippen molar-refractivity contribution in [2.24, 2.45) is 0 Å². The number of hydrogen-bond acceptors (Lipinski definition) is 4. The number of urea groups is 1. The summed E-state index contributed by atoms with van der Waals surface area (Å²) in [6.07, 6.45) is -0.303. The number of rotatable bonds is 8. The standard InChI is InChI=1S/C19H24N2O4/c1-4-25-15-11-9-14(10-12-15)21-19(22)20-13-18(24-3)16-7-5-6-8-17(16)23-2/h5-12,18H,4,13H2,1-3H3,(H2,20,21,22). The molecule has 0 aliphatic heterocycles. The molecule has 0 fully saturated rings. The summed E-state index contributed by atoms with van der Waals surface area (Å²) in [5, 5.41) is 5.59. The molecule has 6 nitrogen and oxygen atoms in total. The second kappa shape index (κ2) is 9.54. The first-order valence-corrected chi connectivity index (χ1v) is 8.11. The fourth-order valence-electron chi connectivity index (χ4n) is 2.41. The summed E-state index contributed by atoms with van der Waals surface area (Å²) in [6.45, 7) is 2.85. The number of anilines is 1. The fraction of sp³-hybridized carbons (Fsp3) is 0.316. The van der Waals surface area contributed by atoms with Crippen LogP contribution < -0.4 is 20.1 Å². The number of benzene rings is 2. The van der Waals surface area contributed by atoms with Crippen molar-refractivity contribution < 1.29 is 19.0 Å². The average molecular weight is 344 g/mol. The van der Waals surface area contributed by atoms with Crippen LogP contribution in [0.1, 0.15) is 18.6 Å². The van der Waals surface area contributed by atoms with E-state index in [2.05, 4.69) is 10.6 Å². The Bertz CT molecular complexity index is 673. The van der Waals surface area contributed by atoms with E-state index in [4.69, 9.17) is 14.2 Å². The molecule has 0 aliphatic rings. The molecule has 1 atom stereocenters. The van der Waals surface area contributed by atoms with Crippen LogP contribution in [0.5, 0.6) is 11.5 Å². The topological polar surface area (TPSA) is 68.8 Å². The molecule has 0 saturated carbocycles. The summed E-state index contributed by atoms with van der Waals surface area (Å²) < 4.78 is 16.2. The van der Waals surface area contributed by atoms with Gasteiger partial charge in [-0.3, -0.25) is 0 Å². The molecule has 2 aromatic rings. The van der Waals surface area contributed by atoms with Gasteiger partial charge < -0.3 is 24.8 Å². The number of carbonyl (C=O) groups excluding carboxylic acids is 1. The van der Waals surface area contributed by atoms with E-state index in [1.165, 1.54) is 0 Å². The van der Waals surface area contributed by atoms with Gasteiger partial charge in [0.25, 0.3) is 0 Å². The predicted octanol–water partition coefficient (Wildman–Crippen LogP) is 3.60. The number of ether oxygens (including phenoxy) is 3.